The molecule has 1 atom stereocenters. The monoisotopic (exact) mass is 342 g/mol. The first-order valence-corrected chi connectivity index (χ1v) is 8.47. The topological polar surface area (TPSA) is 76.1 Å². The van der Waals surface area contributed by atoms with Crippen LogP contribution >= 0.6 is 0 Å². The zero-order valence-corrected chi connectivity index (χ0v) is 15.3. The van der Waals surface area contributed by atoms with Crippen molar-refractivity contribution in [1.82, 2.24) is 15.3 Å². The van der Waals surface area contributed by atoms with Gasteiger partial charge in [-0.1, -0.05) is 12.1 Å². The van der Waals surface area contributed by atoms with E-state index in [4.69, 9.17) is 4.74 Å². The van der Waals surface area contributed by atoms with Crippen LogP contribution in [-0.2, 0) is 4.79 Å². The van der Waals surface area contributed by atoms with Crippen LogP contribution in [0.3, 0.4) is 0 Å². The van der Waals surface area contributed by atoms with Crippen molar-refractivity contribution in [3.8, 4) is 5.75 Å². The Balaban J connectivity index is 1.72. The van der Waals surface area contributed by atoms with Crippen molar-refractivity contribution >= 4 is 11.9 Å². The smallest absolute Gasteiger partial charge is 0.223 e. The maximum Gasteiger partial charge on any atom is 0.223 e. The van der Waals surface area contributed by atoms with Crippen LogP contribution in [0.1, 0.15) is 42.8 Å². The molecule has 1 aromatic carbocycles. The summed E-state index contributed by atoms with van der Waals surface area (Å²) in [7, 11) is 1.64. The molecule has 0 aliphatic rings. The van der Waals surface area contributed by atoms with E-state index in [-0.39, 0.29) is 11.9 Å². The number of ether oxygens (including phenoxy) is 1. The lowest BCUT2D eigenvalue weighted by Gasteiger charge is -2.15. The highest BCUT2D eigenvalue weighted by Crippen LogP contribution is 2.17. The molecule has 0 saturated heterocycles. The summed E-state index contributed by atoms with van der Waals surface area (Å²) in [6.07, 6.45) is 1.18. The van der Waals surface area contributed by atoms with Gasteiger partial charge in [-0.3, -0.25) is 4.79 Å². The normalized spacial score (nSPS) is 11.7. The third-order valence-electron chi connectivity index (χ3n) is 3.84. The number of nitrogens with zero attached hydrogens (tertiary/aromatic N) is 2. The van der Waals surface area contributed by atoms with Crippen LogP contribution in [0.15, 0.2) is 30.3 Å². The second kappa shape index (κ2) is 9.01. The molecule has 6 heteroatoms. The minimum Gasteiger partial charge on any atom is -0.497 e. The first kappa shape index (κ1) is 18.7. The number of carbonyl (C=O) groups excluding carboxylic acids is 1. The Hall–Kier alpha value is -2.63. The maximum absolute atomic E-state index is 12.1. The van der Waals surface area contributed by atoms with Crippen LogP contribution in [0.5, 0.6) is 5.75 Å². The fourth-order valence-corrected chi connectivity index (χ4v) is 2.54. The minimum absolute atomic E-state index is 0.0332. The van der Waals surface area contributed by atoms with E-state index in [2.05, 4.69) is 20.6 Å². The predicted molar refractivity (Wildman–Crippen MR) is 98.8 cm³/mol. The van der Waals surface area contributed by atoms with Crippen LogP contribution in [0.25, 0.3) is 0 Å². The van der Waals surface area contributed by atoms with E-state index < -0.39 is 0 Å². The second-order valence-electron chi connectivity index (χ2n) is 6.07. The fourth-order valence-electron chi connectivity index (χ4n) is 2.54. The highest BCUT2D eigenvalue weighted by atomic mass is 16.5. The molecule has 134 valence electrons. The number of rotatable bonds is 8. The molecule has 0 aliphatic carbocycles. The van der Waals surface area contributed by atoms with E-state index >= 15 is 0 Å². The van der Waals surface area contributed by atoms with E-state index in [0.717, 1.165) is 29.1 Å². The number of anilines is 1. The van der Waals surface area contributed by atoms with Crippen LogP contribution in [-0.4, -0.2) is 29.5 Å². The quantitative estimate of drug-likeness (QED) is 0.721. The average Bonchev–Trinajstić information content (AvgIpc) is 2.58. The van der Waals surface area contributed by atoms with Gasteiger partial charge in [0, 0.05) is 24.4 Å². The summed E-state index contributed by atoms with van der Waals surface area (Å²) in [5.74, 6) is 1.46. The first-order valence-electron chi connectivity index (χ1n) is 8.47. The molecule has 1 aromatic heterocycles. The van der Waals surface area contributed by atoms with Gasteiger partial charge in [0.25, 0.3) is 0 Å². The molecule has 0 saturated carbocycles. The van der Waals surface area contributed by atoms with Crippen LogP contribution in [0.2, 0.25) is 0 Å². The Morgan fingerprint density at radius 1 is 1.16 bits per heavy atom. The van der Waals surface area contributed by atoms with Crippen molar-refractivity contribution in [2.75, 3.05) is 19.0 Å². The lowest BCUT2D eigenvalue weighted by atomic mass is 10.1. The van der Waals surface area contributed by atoms with Gasteiger partial charge in [0.1, 0.15) is 5.75 Å². The Morgan fingerprint density at radius 3 is 2.40 bits per heavy atom. The summed E-state index contributed by atoms with van der Waals surface area (Å²) >= 11 is 0. The summed E-state index contributed by atoms with van der Waals surface area (Å²) in [4.78, 5) is 20.7. The van der Waals surface area contributed by atoms with Gasteiger partial charge < -0.3 is 15.4 Å². The van der Waals surface area contributed by atoms with Crippen molar-refractivity contribution in [3.63, 3.8) is 0 Å². The third-order valence-corrected chi connectivity index (χ3v) is 3.84. The number of aromatic nitrogens is 2. The van der Waals surface area contributed by atoms with Gasteiger partial charge in [0.2, 0.25) is 11.9 Å². The van der Waals surface area contributed by atoms with Crippen LogP contribution < -0.4 is 15.4 Å². The van der Waals surface area contributed by atoms with Crippen molar-refractivity contribution in [2.45, 2.75) is 39.7 Å². The number of amides is 1. The molecule has 0 spiro atoms. The summed E-state index contributed by atoms with van der Waals surface area (Å²) in [5, 5.41) is 6.17. The van der Waals surface area contributed by atoms with Crippen molar-refractivity contribution < 1.29 is 9.53 Å². The Morgan fingerprint density at radius 2 is 1.80 bits per heavy atom. The molecule has 0 fully saturated rings. The summed E-state index contributed by atoms with van der Waals surface area (Å²) < 4.78 is 5.14. The molecule has 25 heavy (non-hydrogen) atoms. The van der Waals surface area contributed by atoms with Gasteiger partial charge in [-0.15, -0.1) is 0 Å². The van der Waals surface area contributed by atoms with E-state index in [9.17, 15) is 4.79 Å². The lowest BCUT2D eigenvalue weighted by molar-refractivity contribution is -0.121. The van der Waals surface area contributed by atoms with Gasteiger partial charge >= 0.3 is 0 Å². The van der Waals surface area contributed by atoms with Gasteiger partial charge in [-0.2, -0.15) is 0 Å². The number of benzene rings is 1. The van der Waals surface area contributed by atoms with Gasteiger partial charge in [0.15, 0.2) is 0 Å². The zero-order chi connectivity index (χ0) is 18.2. The molecule has 6 nitrogen and oxygen atoms in total. The second-order valence-corrected chi connectivity index (χ2v) is 6.07. The number of hydrogen-bond acceptors (Lipinski definition) is 5. The predicted octanol–water partition coefficient (Wildman–Crippen LogP) is 3.17. The van der Waals surface area contributed by atoms with E-state index in [1.807, 2.05) is 51.1 Å². The molecule has 2 aromatic rings. The number of aryl methyl sites for hydroxylation is 2. The third kappa shape index (κ3) is 6.06. The number of carbonyl (C=O) groups is 1. The number of nitrogens with one attached hydrogen (secondary N) is 2. The van der Waals surface area contributed by atoms with Gasteiger partial charge in [-0.25, -0.2) is 9.97 Å². The average molecular weight is 342 g/mol. The molecule has 1 heterocycles. The standard InChI is InChI=1S/C19H26N4O2/c1-13-12-14(2)22-19(21-13)20-11-5-6-18(24)23-15(3)16-7-9-17(25-4)10-8-16/h7-10,12,15H,5-6,11H2,1-4H3,(H,23,24)(H,20,21,22). The zero-order valence-electron chi connectivity index (χ0n) is 15.3. The summed E-state index contributed by atoms with van der Waals surface area (Å²) in [6, 6.07) is 9.61. The molecule has 2 N–H and O–H groups in total. The summed E-state index contributed by atoms with van der Waals surface area (Å²) in [5.41, 5.74) is 2.91. The Kier molecular flexibility index (Phi) is 6.74. The molecule has 0 aliphatic heterocycles. The van der Waals surface area contributed by atoms with E-state index in [1.165, 1.54) is 0 Å². The van der Waals surface area contributed by atoms with Crippen LogP contribution in [0.4, 0.5) is 5.95 Å². The first-order chi connectivity index (χ1) is 12.0. The molecule has 0 bridgehead atoms. The highest BCUT2D eigenvalue weighted by molar-refractivity contribution is 5.76. The van der Waals surface area contributed by atoms with Crippen LogP contribution in [0, 0.1) is 13.8 Å². The molecule has 1 unspecified atom stereocenters. The van der Waals surface area contributed by atoms with Gasteiger partial charge in [-0.05, 0) is 51.0 Å². The Labute approximate surface area is 149 Å². The van der Waals surface area contributed by atoms with E-state index in [0.29, 0.717) is 18.9 Å². The Bertz CT molecular complexity index is 681. The molecule has 1 amide bonds. The van der Waals surface area contributed by atoms with E-state index in [1.54, 1.807) is 7.11 Å². The fraction of sp³-hybridized carbons (Fsp3) is 0.421. The number of hydrogen-bond donors (Lipinski definition) is 2. The SMILES string of the molecule is COc1ccc(C(C)NC(=O)CCCNc2nc(C)cc(C)n2)cc1. The van der Waals surface area contributed by atoms with Crippen molar-refractivity contribution in [3.05, 3.63) is 47.3 Å². The molecule has 0 radical (unpaired) electrons. The molecular formula is C19H26N4O2. The van der Waals surface area contributed by atoms with Gasteiger partial charge in [0.05, 0.1) is 13.2 Å². The van der Waals surface area contributed by atoms with Crippen molar-refractivity contribution in [2.24, 2.45) is 0 Å². The lowest BCUT2D eigenvalue weighted by Crippen LogP contribution is -2.26. The molecular weight excluding hydrogens is 316 g/mol. The van der Waals surface area contributed by atoms with Crippen molar-refractivity contribution in [1.29, 1.82) is 0 Å². The summed E-state index contributed by atoms with van der Waals surface area (Å²) in [6.45, 7) is 6.51. The number of methoxy groups -OCH3 is 1. The minimum atomic E-state index is -0.0332. The maximum atomic E-state index is 12.1. The largest absolute Gasteiger partial charge is 0.497 e. The highest BCUT2D eigenvalue weighted by Gasteiger charge is 2.09. The molecule has 2 rings (SSSR count).